The molecule has 0 spiro atoms. The van der Waals surface area contributed by atoms with Crippen LogP contribution in [0.1, 0.15) is 17.3 Å². The predicted molar refractivity (Wildman–Crippen MR) is 76.3 cm³/mol. The van der Waals surface area contributed by atoms with Crippen LogP contribution in [0.25, 0.3) is 0 Å². The molecular formula is C13H15BrN2O4. The fourth-order valence-corrected chi connectivity index (χ4v) is 1.63. The molecule has 0 fully saturated rings. The molecule has 0 aromatic heterocycles. The van der Waals surface area contributed by atoms with Gasteiger partial charge in [0.05, 0.1) is 6.54 Å². The van der Waals surface area contributed by atoms with Crippen molar-refractivity contribution in [2.24, 2.45) is 0 Å². The van der Waals surface area contributed by atoms with Crippen molar-refractivity contribution in [3.05, 3.63) is 34.3 Å². The fraction of sp³-hybridized carbons (Fsp3) is 0.308. The van der Waals surface area contributed by atoms with Crippen molar-refractivity contribution in [3.8, 4) is 0 Å². The number of nitrogens with zero attached hydrogens (tertiary/aromatic N) is 1. The molecule has 0 aliphatic carbocycles. The third-order valence-electron chi connectivity index (χ3n) is 2.84. The van der Waals surface area contributed by atoms with Gasteiger partial charge in [-0.15, -0.1) is 0 Å². The van der Waals surface area contributed by atoms with Crippen LogP contribution in [-0.4, -0.2) is 47.4 Å². The summed E-state index contributed by atoms with van der Waals surface area (Å²) in [6.45, 7) is 1.15. The molecular weight excluding hydrogens is 328 g/mol. The minimum absolute atomic E-state index is 0.247. The zero-order valence-electron chi connectivity index (χ0n) is 11.1. The van der Waals surface area contributed by atoms with Crippen LogP contribution in [0.5, 0.6) is 0 Å². The lowest BCUT2D eigenvalue weighted by Crippen LogP contribution is -2.45. The summed E-state index contributed by atoms with van der Waals surface area (Å²) in [5, 5.41) is 11.3. The van der Waals surface area contributed by atoms with Crippen molar-refractivity contribution in [1.82, 2.24) is 10.2 Å². The molecule has 0 saturated carbocycles. The van der Waals surface area contributed by atoms with Crippen LogP contribution < -0.4 is 5.32 Å². The molecule has 0 aliphatic rings. The summed E-state index contributed by atoms with van der Waals surface area (Å²) in [6.07, 6.45) is 0. The molecule has 1 aromatic carbocycles. The van der Waals surface area contributed by atoms with Gasteiger partial charge in [0, 0.05) is 17.1 Å². The first-order valence-corrected chi connectivity index (χ1v) is 6.64. The van der Waals surface area contributed by atoms with Crippen LogP contribution >= 0.6 is 15.9 Å². The standard InChI is InChI=1S/C13H15BrN2O4/c1-8(13(19)20)16(2)11(17)7-15-12(18)9-3-5-10(14)6-4-9/h3-6,8H,7H2,1-2H3,(H,15,18)(H,19,20). The number of hydrogen-bond donors (Lipinski definition) is 2. The van der Waals surface area contributed by atoms with E-state index < -0.39 is 17.9 Å². The molecule has 0 saturated heterocycles. The predicted octanol–water partition coefficient (Wildman–Crippen LogP) is 1.11. The van der Waals surface area contributed by atoms with E-state index in [-0.39, 0.29) is 12.5 Å². The van der Waals surface area contributed by atoms with Crippen LogP contribution in [0, 0.1) is 0 Å². The van der Waals surface area contributed by atoms with Gasteiger partial charge in [-0.25, -0.2) is 4.79 Å². The molecule has 0 aliphatic heterocycles. The maximum atomic E-state index is 11.8. The molecule has 2 N–H and O–H groups in total. The number of hydrogen-bond acceptors (Lipinski definition) is 3. The van der Waals surface area contributed by atoms with Crippen molar-refractivity contribution in [1.29, 1.82) is 0 Å². The molecule has 0 radical (unpaired) electrons. The second-order valence-electron chi connectivity index (χ2n) is 4.21. The number of aliphatic carboxylic acids is 1. The Morgan fingerprint density at radius 2 is 1.85 bits per heavy atom. The van der Waals surface area contributed by atoms with Gasteiger partial charge < -0.3 is 15.3 Å². The summed E-state index contributed by atoms with van der Waals surface area (Å²) in [6, 6.07) is 5.73. The smallest absolute Gasteiger partial charge is 0.326 e. The number of carboxylic acid groups (broad SMARTS) is 1. The maximum absolute atomic E-state index is 11.8. The molecule has 108 valence electrons. The maximum Gasteiger partial charge on any atom is 0.326 e. The van der Waals surface area contributed by atoms with Crippen molar-refractivity contribution >= 4 is 33.7 Å². The first kappa shape index (κ1) is 16.2. The van der Waals surface area contributed by atoms with Gasteiger partial charge in [-0.2, -0.15) is 0 Å². The summed E-state index contributed by atoms with van der Waals surface area (Å²) in [4.78, 5) is 35.3. The number of nitrogens with one attached hydrogen (secondary N) is 1. The van der Waals surface area contributed by atoms with Crippen molar-refractivity contribution in [3.63, 3.8) is 0 Å². The third kappa shape index (κ3) is 4.34. The summed E-state index contributed by atoms with van der Waals surface area (Å²) in [5.74, 6) is -1.95. The van der Waals surface area contributed by atoms with E-state index in [0.717, 1.165) is 9.37 Å². The highest BCUT2D eigenvalue weighted by Gasteiger charge is 2.21. The summed E-state index contributed by atoms with van der Waals surface area (Å²) >= 11 is 3.26. The SMILES string of the molecule is CC(C(=O)O)N(C)C(=O)CNC(=O)c1ccc(Br)cc1. The van der Waals surface area contributed by atoms with Crippen molar-refractivity contribution in [2.45, 2.75) is 13.0 Å². The van der Waals surface area contributed by atoms with Crippen molar-refractivity contribution in [2.75, 3.05) is 13.6 Å². The monoisotopic (exact) mass is 342 g/mol. The second kappa shape index (κ2) is 7.04. The Kier molecular flexibility index (Phi) is 5.69. The van der Waals surface area contributed by atoms with Crippen LogP contribution in [0.2, 0.25) is 0 Å². The first-order valence-electron chi connectivity index (χ1n) is 5.85. The van der Waals surface area contributed by atoms with E-state index in [4.69, 9.17) is 5.11 Å². The van der Waals surface area contributed by atoms with Crippen LogP contribution in [0.3, 0.4) is 0 Å². The van der Waals surface area contributed by atoms with Gasteiger partial charge >= 0.3 is 5.97 Å². The summed E-state index contributed by atoms with van der Waals surface area (Å²) in [7, 11) is 1.38. The lowest BCUT2D eigenvalue weighted by molar-refractivity contribution is -0.147. The number of benzene rings is 1. The highest BCUT2D eigenvalue weighted by molar-refractivity contribution is 9.10. The van der Waals surface area contributed by atoms with Crippen molar-refractivity contribution < 1.29 is 19.5 Å². The quantitative estimate of drug-likeness (QED) is 0.839. The van der Waals surface area contributed by atoms with E-state index in [1.165, 1.54) is 14.0 Å². The molecule has 1 aromatic rings. The molecule has 0 heterocycles. The summed E-state index contributed by atoms with van der Waals surface area (Å²) in [5.41, 5.74) is 0.426. The molecule has 20 heavy (non-hydrogen) atoms. The molecule has 2 amide bonds. The van der Waals surface area contributed by atoms with Gasteiger partial charge in [0.1, 0.15) is 6.04 Å². The Morgan fingerprint density at radius 3 is 2.35 bits per heavy atom. The molecule has 1 rings (SSSR count). The average Bonchev–Trinajstić information content (AvgIpc) is 2.43. The van der Waals surface area contributed by atoms with Gasteiger partial charge in [-0.1, -0.05) is 15.9 Å². The number of likely N-dealkylation sites (N-methyl/N-ethyl adjacent to an activating group) is 1. The topological polar surface area (TPSA) is 86.7 Å². The third-order valence-corrected chi connectivity index (χ3v) is 3.37. The normalized spacial score (nSPS) is 11.6. The lowest BCUT2D eigenvalue weighted by atomic mass is 10.2. The Bertz CT molecular complexity index is 516. The van der Waals surface area contributed by atoms with Crippen LogP contribution in [0.4, 0.5) is 0 Å². The second-order valence-corrected chi connectivity index (χ2v) is 5.12. The van der Waals surface area contributed by atoms with Crippen LogP contribution in [-0.2, 0) is 9.59 Å². The largest absolute Gasteiger partial charge is 0.480 e. The van der Waals surface area contributed by atoms with Crippen LogP contribution in [0.15, 0.2) is 28.7 Å². The Hall–Kier alpha value is -1.89. The van der Waals surface area contributed by atoms with E-state index in [9.17, 15) is 14.4 Å². The number of halogens is 1. The zero-order chi connectivity index (χ0) is 15.3. The molecule has 7 heteroatoms. The first-order chi connectivity index (χ1) is 9.32. The Balaban J connectivity index is 2.54. The molecule has 0 bridgehead atoms. The highest BCUT2D eigenvalue weighted by atomic mass is 79.9. The van der Waals surface area contributed by atoms with E-state index in [0.29, 0.717) is 5.56 Å². The number of rotatable bonds is 5. The van der Waals surface area contributed by atoms with Gasteiger partial charge in [-0.05, 0) is 31.2 Å². The Morgan fingerprint density at radius 1 is 1.30 bits per heavy atom. The van der Waals surface area contributed by atoms with Gasteiger partial charge in [-0.3, -0.25) is 9.59 Å². The van der Waals surface area contributed by atoms with Gasteiger partial charge in [0.25, 0.3) is 5.91 Å². The summed E-state index contributed by atoms with van der Waals surface area (Å²) < 4.78 is 0.847. The highest BCUT2D eigenvalue weighted by Crippen LogP contribution is 2.10. The minimum Gasteiger partial charge on any atom is -0.480 e. The van der Waals surface area contributed by atoms with E-state index in [1.807, 2.05) is 0 Å². The van der Waals surface area contributed by atoms with Gasteiger partial charge in [0.2, 0.25) is 5.91 Å². The Labute approximate surface area is 124 Å². The number of amides is 2. The zero-order valence-corrected chi connectivity index (χ0v) is 12.7. The minimum atomic E-state index is -1.10. The number of carbonyl (C=O) groups excluding carboxylic acids is 2. The number of carbonyl (C=O) groups is 3. The molecule has 6 nitrogen and oxygen atoms in total. The van der Waals surface area contributed by atoms with E-state index in [1.54, 1.807) is 24.3 Å². The lowest BCUT2D eigenvalue weighted by Gasteiger charge is -2.21. The number of carboxylic acids is 1. The van der Waals surface area contributed by atoms with Gasteiger partial charge in [0.15, 0.2) is 0 Å². The van der Waals surface area contributed by atoms with E-state index in [2.05, 4.69) is 21.2 Å². The average molecular weight is 343 g/mol. The van der Waals surface area contributed by atoms with E-state index >= 15 is 0 Å². The molecule has 1 unspecified atom stereocenters. The fourth-order valence-electron chi connectivity index (χ4n) is 1.37. The molecule has 1 atom stereocenters.